The number of nitrogens with zero attached hydrogens (tertiary/aromatic N) is 2. The number of benzene rings is 1. The summed E-state index contributed by atoms with van der Waals surface area (Å²) in [6, 6.07) is 5.52. The summed E-state index contributed by atoms with van der Waals surface area (Å²) in [4.78, 5) is 10.8. The van der Waals surface area contributed by atoms with Crippen molar-refractivity contribution in [2.75, 3.05) is 19.9 Å². The number of rotatable bonds is 5. The Bertz CT molecular complexity index is 665. The van der Waals surface area contributed by atoms with E-state index >= 15 is 0 Å². The number of hydroxylamine groups is 3. The summed E-state index contributed by atoms with van der Waals surface area (Å²) in [5, 5.41) is 23.9. The Labute approximate surface area is 140 Å². The van der Waals surface area contributed by atoms with E-state index in [0.29, 0.717) is 24.6 Å². The van der Waals surface area contributed by atoms with Gasteiger partial charge in [-0.05, 0) is 37.0 Å². The molecular formula is C17H20N2O5. The minimum absolute atomic E-state index is 0.219. The molecule has 0 saturated carbocycles. The monoisotopic (exact) mass is 332 g/mol. The molecule has 0 bridgehead atoms. The number of hydrogen-bond acceptors (Lipinski definition) is 5. The lowest BCUT2D eigenvalue weighted by Gasteiger charge is -2.44. The third kappa shape index (κ3) is 3.58. The van der Waals surface area contributed by atoms with Crippen LogP contribution in [0, 0.1) is 15.3 Å². The standard InChI is InChI=1S/C17H20N2O5/c20-18(21)17(19(22)10-4-1-5-11-19)7-3-2-6-14-8-9-15-16(12-14)24-13-23-15/h2-3,6-9,12,17H,1,4-5,10-11,13H2/b6-2+,7-3+. The largest absolute Gasteiger partial charge is 0.628 e. The Morgan fingerprint density at radius 1 is 1.12 bits per heavy atom. The van der Waals surface area contributed by atoms with Crippen LogP contribution in [0.25, 0.3) is 6.08 Å². The maximum Gasteiger partial charge on any atom is 0.356 e. The highest BCUT2D eigenvalue weighted by Gasteiger charge is 2.36. The lowest BCUT2D eigenvalue weighted by atomic mass is 10.1. The van der Waals surface area contributed by atoms with Crippen molar-refractivity contribution in [1.29, 1.82) is 0 Å². The first-order valence-corrected chi connectivity index (χ1v) is 8.04. The highest BCUT2D eigenvalue weighted by atomic mass is 16.7. The highest BCUT2D eigenvalue weighted by Crippen LogP contribution is 2.32. The van der Waals surface area contributed by atoms with E-state index in [1.165, 1.54) is 6.08 Å². The van der Waals surface area contributed by atoms with Crippen molar-refractivity contribution in [3.63, 3.8) is 0 Å². The predicted octanol–water partition coefficient (Wildman–Crippen LogP) is 3.09. The van der Waals surface area contributed by atoms with Gasteiger partial charge >= 0.3 is 6.17 Å². The van der Waals surface area contributed by atoms with Gasteiger partial charge in [0.05, 0.1) is 18.0 Å². The van der Waals surface area contributed by atoms with E-state index in [1.54, 1.807) is 18.2 Å². The van der Waals surface area contributed by atoms with Crippen LogP contribution >= 0.6 is 0 Å². The molecule has 0 aliphatic carbocycles. The average molecular weight is 332 g/mol. The van der Waals surface area contributed by atoms with Crippen molar-refractivity contribution in [1.82, 2.24) is 0 Å². The van der Waals surface area contributed by atoms with Gasteiger partial charge in [-0.2, -0.15) is 0 Å². The molecule has 1 aromatic rings. The molecule has 0 aromatic heterocycles. The van der Waals surface area contributed by atoms with Gasteiger partial charge in [-0.1, -0.05) is 24.3 Å². The summed E-state index contributed by atoms with van der Waals surface area (Å²) in [7, 11) is 0. The third-order valence-corrected chi connectivity index (χ3v) is 4.35. The quantitative estimate of drug-likeness (QED) is 0.272. The van der Waals surface area contributed by atoms with E-state index in [0.717, 1.165) is 24.8 Å². The fourth-order valence-corrected chi connectivity index (χ4v) is 3.06. The van der Waals surface area contributed by atoms with E-state index in [2.05, 4.69) is 0 Å². The van der Waals surface area contributed by atoms with Gasteiger partial charge in [0.1, 0.15) is 0 Å². The number of allylic oxidation sites excluding steroid dienone is 2. The highest BCUT2D eigenvalue weighted by molar-refractivity contribution is 5.57. The van der Waals surface area contributed by atoms with Crippen molar-refractivity contribution in [2.45, 2.75) is 25.4 Å². The second-order valence-electron chi connectivity index (χ2n) is 6.02. The Kier molecular flexibility index (Phi) is 4.82. The molecule has 1 unspecified atom stereocenters. The van der Waals surface area contributed by atoms with Gasteiger partial charge in [-0.3, -0.25) is 14.8 Å². The zero-order chi connectivity index (χ0) is 17.0. The van der Waals surface area contributed by atoms with Crippen LogP contribution in [0.1, 0.15) is 24.8 Å². The van der Waals surface area contributed by atoms with E-state index < -0.39 is 15.7 Å². The molecule has 0 spiro atoms. The van der Waals surface area contributed by atoms with Gasteiger partial charge in [0, 0.05) is 6.08 Å². The molecule has 1 atom stereocenters. The summed E-state index contributed by atoms with van der Waals surface area (Å²) >= 11 is 0. The fourth-order valence-electron chi connectivity index (χ4n) is 3.06. The van der Waals surface area contributed by atoms with Crippen LogP contribution in [0.4, 0.5) is 0 Å². The maximum atomic E-state index is 12.6. The van der Waals surface area contributed by atoms with Crippen molar-refractivity contribution in [3.05, 3.63) is 57.3 Å². The van der Waals surface area contributed by atoms with Crippen molar-refractivity contribution < 1.29 is 19.0 Å². The Morgan fingerprint density at radius 2 is 1.88 bits per heavy atom. The normalized spacial score (nSPS) is 20.5. The minimum Gasteiger partial charge on any atom is -0.628 e. The molecule has 3 rings (SSSR count). The Morgan fingerprint density at radius 3 is 2.62 bits per heavy atom. The molecule has 1 fully saturated rings. The van der Waals surface area contributed by atoms with Crippen molar-refractivity contribution >= 4 is 6.08 Å². The Hall–Kier alpha value is -2.38. The molecule has 2 heterocycles. The van der Waals surface area contributed by atoms with Crippen LogP contribution in [0.3, 0.4) is 0 Å². The smallest absolute Gasteiger partial charge is 0.356 e. The zero-order valence-electron chi connectivity index (χ0n) is 13.3. The second-order valence-corrected chi connectivity index (χ2v) is 6.02. The number of quaternary nitrogens is 1. The van der Waals surface area contributed by atoms with Gasteiger partial charge in [0.15, 0.2) is 11.5 Å². The summed E-state index contributed by atoms with van der Waals surface area (Å²) in [6.07, 6.45) is 7.69. The summed E-state index contributed by atoms with van der Waals surface area (Å²) in [5.74, 6) is 1.39. The van der Waals surface area contributed by atoms with Crippen LogP contribution in [0.5, 0.6) is 11.5 Å². The van der Waals surface area contributed by atoms with E-state index in [4.69, 9.17) is 9.47 Å². The van der Waals surface area contributed by atoms with Gasteiger partial charge in [-0.15, -0.1) is 0 Å². The first-order chi connectivity index (χ1) is 11.6. The summed E-state index contributed by atoms with van der Waals surface area (Å²) in [5.41, 5.74) is 0.894. The third-order valence-electron chi connectivity index (χ3n) is 4.35. The number of ether oxygens (including phenoxy) is 2. The number of likely N-dealkylation sites (tertiary alicyclic amines) is 1. The molecule has 1 saturated heterocycles. The molecule has 2 aliphatic heterocycles. The van der Waals surface area contributed by atoms with Crippen LogP contribution in [0.2, 0.25) is 0 Å². The molecule has 1 aromatic carbocycles. The van der Waals surface area contributed by atoms with E-state index in [1.807, 2.05) is 18.2 Å². The van der Waals surface area contributed by atoms with Crippen LogP contribution < -0.4 is 9.47 Å². The molecule has 7 heteroatoms. The first-order valence-electron chi connectivity index (χ1n) is 8.04. The molecule has 128 valence electrons. The van der Waals surface area contributed by atoms with Crippen LogP contribution in [-0.2, 0) is 0 Å². The lowest BCUT2D eigenvalue weighted by molar-refractivity contribution is -0.980. The van der Waals surface area contributed by atoms with Gasteiger partial charge in [-0.25, -0.2) is 0 Å². The number of fused-ring (bicyclic) bond motifs is 1. The molecule has 7 nitrogen and oxygen atoms in total. The van der Waals surface area contributed by atoms with E-state index in [-0.39, 0.29) is 6.79 Å². The zero-order valence-corrected chi connectivity index (χ0v) is 13.3. The molecule has 24 heavy (non-hydrogen) atoms. The number of piperidine rings is 1. The number of hydrogen-bond donors (Lipinski definition) is 0. The maximum absolute atomic E-state index is 12.6. The van der Waals surface area contributed by atoms with Gasteiger partial charge in [0.25, 0.3) is 0 Å². The van der Waals surface area contributed by atoms with Gasteiger partial charge in [0.2, 0.25) is 6.79 Å². The molecular weight excluding hydrogens is 312 g/mol. The fraction of sp³-hybridized carbons (Fsp3) is 0.412. The molecule has 0 N–H and O–H groups in total. The molecule has 0 radical (unpaired) electrons. The van der Waals surface area contributed by atoms with Gasteiger partial charge < -0.3 is 14.7 Å². The molecule has 0 amide bonds. The summed E-state index contributed by atoms with van der Waals surface area (Å²) in [6.45, 7) is 0.833. The first kappa shape index (κ1) is 16.5. The SMILES string of the molecule is O=[N+]([O-])C(/C=C/C=C/c1ccc2c(c1)OCO2)[N+]1([O-])CCCCC1. The topological polar surface area (TPSA) is 84.7 Å². The van der Waals surface area contributed by atoms with Crippen molar-refractivity contribution in [2.24, 2.45) is 0 Å². The average Bonchev–Trinajstić information content (AvgIpc) is 3.02. The molecule has 2 aliphatic rings. The second kappa shape index (κ2) is 7.02. The Balaban J connectivity index is 1.67. The summed E-state index contributed by atoms with van der Waals surface area (Å²) < 4.78 is 9.78. The lowest BCUT2D eigenvalue weighted by Crippen LogP contribution is -2.56. The van der Waals surface area contributed by atoms with E-state index in [9.17, 15) is 15.3 Å². The minimum atomic E-state index is -1.24. The van der Waals surface area contributed by atoms with Crippen LogP contribution in [-0.4, -0.2) is 35.6 Å². The van der Waals surface area contributed by atoms with Crippen LogP contribution in [0.15, 0.2) is 36.4 Å². The number of nitro groups is 1. The predicted molar refractivity (Wildman–Crippen MR) is 88.7 cm³/mol. The van der Waals surface area contributed by atoms with Crippen molar-refractivity contribution in [3.8, 4) is 11.5 Å².